The highest BCUT2D eigenvalue weighted by molar-refractivity contribution is 7.13. The molecule has 1 amide bonds. The molecule has 1 aromatic rings. The van der Waals surface area contributed by atoms with Gasteiger partial charge in [0.1, 0.15) is 0 Å². The molecule has 0 spiro atoms. The number of carbonyl (C=O) groups excluding carboxylic acids is 1. The summed E-state index contributed by atoms with van der Waals surface area (Å²) in [6.07, 6.45) is 2.39. The summed E-state index contributed by atoms with van der Waals surface area (Å²) in [5, 5.41) is 6.32. The van der Waals surface area contributed by atoms with Gasteiger partial charge < -0.3 is 10.6 Å². The minimum Gasteiger partial charge on any atom is -0.350 e. The van der Waals surface area contributed by atoms with Gasteiger partial charge in [0.2, 0.25) is 0 Å². The standard InChI is InChI=1S/C11H16N2OS/c1-8-4-5-10(15-8)11(14)13-7-9-3-2-6-12-9/h4-5,9,12H,2-3,6-7H2,1H3,(H,13,14). The van der Waals surface area contributed by atoms with Gasteiger partial charge >= 0.3 is 0 Å². The maximum absolute atomic E-state index is 11.7. The van der Waals surface area contributed by atoms with Crippen molar-refractivity contribution in [1.82, 2.24) is 10.6 Å². The SMILES string of the molecule is Cc1ccc(C(=O)NCC2CCCN2)s1. The average Bonchev–Trinajstić information content (AvgIpc) is 2.84. The minimum absolute atomic E-state index is 0.0572. The molecule has 15 heavy (non-hydrogen) atoms. The van der Waals surface area contributed by atoms with Crippen LogP contribution in [0, 0.1) is 6.92 Å². The number of nitrogens with one attached hydrogen (secondary N) is 2. The van der Waals surface area contributed by atoms with Crippen LogP contribution in [-0.2, 0) is 0 Å². The Kier molecular flexibility index (Phi) is 3.38. The average molecular weight is 224 g/mol. The summed E-state index contributed by atoms with van der Waals surface area (Å²) >= 11 is 1.55. The predicted molar refractivity (Wildman–Crippen MR) is 62.4 cm³/mol. The molecule has 1 atom stereocenters. The van der Waals surface area contributed by atoms with E-state index in [2.05, 4.69) is 10.6 Å². The van der Waals surface area contributed by atoms with Gasteiger partial charge in [-0.2, -0.15) is 0 Å². The molecular formula is C11H16N2OS. The van der Waals surface area contributed by atoms with Crippen LogP contribution in [0.1, 0.15) is 27.4 Å². The van der Waals surface area contributed by atoms with Gasteiger partial charge in [0, 0.05) is 17.5 Å². The lowest BCUT2D eigenvalue weighted by molar-refractivity contribution is 0.0954. The zero-order chi connectivity index (χ0) is 10.7. The lowest BCUT2D eigenvalue weighted by atomic mass is 10.2. The van der Waals surface area contributed by atoms with Crippen molar-refractivity contribution in [2.75, 3.05) is 13.1 Å². The number of aryl methyl sites for hydroxylation is 1. The van der Waals surface area contributed by atoms with Crippen molar-refractivity contribution in [3.63, 3.8) is 0 Å². The van der Waals surface area contributed by atoms with Crippen LogP contribution in [0.3, 0.4) is 0 Å². The highest BCUT2D eigenvalue weighted by atomic mass is 32.1. The van der Waals surface area contributed by atoms with Crippen molar-refractivity contribution >= 4 is 17.2 Å². The number of carbonyl (C=O) groups is 1. The topological polar surface area (TPSA) is 41.1 Å². The second-order valence-corrected chi connectivity index (χ2v) is 5.20. The van der Waals surface area contributed by atoms with Gasteiger partial charge in [-0.15, -0.1) is 11.3 Å². The van der Waals surface area contributed by atoms with E-state index in [4.69, 9.17) is 0 Å². The lowest BCUT2D eigenvalue weighted by Gasteiger charge is -2.10. The van der Waals surface area contributed by atoms with E-state index in [-0.39, 0.29) is 5.91 Å². The first kappa shape index (κ1) is 10.6. The Hall–Kier alpha value is -0.870. The van der Waals surface area contributed by atoms with E-state index in [0.29, 0.717) is 6.04 Å². The molecule has 0 bridgehead atoms. The number of hydrogen-bond donors (Lipinski definition) is 2. The smallest absolute Gasteiger partial charge is 0.261 e. The molecule has 1 unspecified atom stereocenters. The lowest BCUT2D eigenvalue weighted by Crippen LogP contribution is -2.36. The Bertz CT molecular complexity index is 342. The summed E-state index contributed by atoms with van der Waals surface area (Å²) in [6.45, 7) is 3.84. The Balaban J connectivity index is 1.81. The first-order valence-corrected chi connectivity index (χ1v) is 6.15. The highest BCUT2D eigenvalue weighted by Crippen LogP contribution is 2.14. The highest BCUT2D eigenvalue weighted by Gasteiger charge is 2.15. The Labute approximate surface area is 93.9 Å². The fraction of sp³-hybridized carbons (Fsp3) is 0.545. The minimum atomic E-state index is 0.0572. The summed E-state index contributed by atoms with van der Waals surface area (Å²) in [7, 11) is 0. The summed E-state index contributed by atoms with van der Waals surface area (Å²) in [6, 6.07) is 4.33. The largest absolute Gasteiger partial charge is 0.350 e. The maximum Gasteiger partial charge on any atom is 0.261 e. The van der Waals surface area contributed by atoms with Crippen LogP contribution >= 0.6 is 11.3 Å². The van der Waals surface area contributed by atoms with Crippen LogP contribution in [0.2, 0.25) is 0 Å². The van der Waals surface area contributed by atoms with E-state index in [1.54, 1.807) is 11.3 Å². The predicted octanol–water partition coefficient (Wildman–Crippen LogP) is 1.54. The molecule has 0 aliphatic carbocycles. The number of hydrogen-bond acceptors (Lipinski definition) is 3. The van der Waals surface area contributed by atoms with Gasteiger partial charge in [0.25, 0.3) is 5.91 Å². The monoisotopic (exact) mass is 224 g/mol. The molecule has 3 nitrogen and oxygen atoms in total. The van der Waals surface area contributed by atoms with Gasteiger partial charge in [-0.1, -0.05) is 0 Å². The van der Waals surface area contributed by atoms with E-state index in [9.17, 15) is 4.79 Å². The quantitative estimate of drug-likeness (QED) is 0.817. The first-order valence-electron chi connectivity index (χ1n) is 5.34. The molecule has 0 aromatic carbocycles. The van der Waals surface area contributed by atoms with Crippen LogP contribution in [0.4, 0.5) is 0 Å². The van der Waals surface area contributed by atoms with E-state index < -0.39 is 0 Å². The van der Waals surface area contributed by atoms with Crippen LogP contribution in [0.5, 0.6) is 0 Å². The molecule has 2 heterocycles. The molecule has 0 saturated carbocycles. The Morgan fingerprint density at radius 2 is 2.53 bits per heavy atom. The summed E-state index contributed by atoms with van der Waals surface area (Å²) in [4.78, 5) is 13.7. The van der Waals surface area contributed by atoms with Gasteiger partial charge in [0.15, 0.2) is 0 Å². The number of thiophene rings is 1. The molecule has 1 fully saturated rings. The van der Waals surface area contributed by atoms with Crippen molar-refractivity contribution in [3.8, 4) is 0 Å². The van der Waals surface area contributed by atoms with E-state index in [0.717, 1.165) is 18.0 Å². The zero-order valence-corrected chi connectivity index (χ0v) is 9.69. The summed E-state index contributed by atoms with van der Waals surface area (Å²) < 4.78 is 0. The summed E-state index contributed by atoms with van der Waals surface area (Å²) in [5.74, 6) is 0.0572. The second kappa shape index (κ2) is 4.77. The van der Waals surface area contributed by atoms with Gasteiger partial charge in [-0.05, 0) is 38.4 Å². The fourth-order valence-corrected chi connectivity index (χ4v) is 2.57. The molecule has 1 aromatic heterocycles. The van der Waals surface area contributed by atoms with Crippen molar-refractivity contribution < 1.29 is 4.79 Å². The molecule has 2 N–H and O–H groups in total. The van der Waals surface area contributed by atoms with Crippen LogP contribution < -0.4 is 10.6 Å². The molecule has 1 aliphatic rings. The summed E-state index contributed by atoms with van der Waals surface area (Å²) in [5.41, 5.74) is 0. The van der Waals surface area contributed by atoms with Crippen molar-refractivity contribution in [3.05, 3.63) is 21.9 Å². The van der Waals surface area contributed by atoms with Gasteiger partial charge in [-0.25, -0.2) is 0 Å². The zero-order valence-electron chi connectivity index (χ0n) is 8.88. The van der Waals surface area contributed by atoms with E-state index in [1.807, 2.05) is 19.1 Å². The molecule has 4 heteroatoms. The molecule has 0 radical (unpaired) electrons. The van der Waals surface area contributed by atoms with Crippen LogP contribution in [-0.4, -0.2) is 25.0 Å². The van der Waals surface area contributed by atoms with Crippen molar-refractivity contribution in [2.24, 2.45) is 0 Å². The molecule has 1 aliphatic heterocycles. The van der Waals surface area contributed by atoms with Crippen LogP contribution in [0.15, 0.2) is 12.1 Å². The Morgan fingerprint density at radius 1 is 1.67 bits per heavy atom. The third kappa shape index (κ3) is 2.79. The molecular weight excluding hydrogens is 208 g/mol. The maximum atomic E-state index is 11.7. The van der Waals surface area contributed by atoms with Crippen LogP contribution in [0.25, 0.3) is 0 Å². The third-order valence-electron chi connectivity index (χ3n) is 2.64. The van der Waals surface area contributed by atoms with Crippen molar-refractivity contribution in [1.29, 1.82) is 0 Å². The molecule has 1 saturated heterocycles. The Morgan fingerprint density at radius 3 is 3.13 bits per heavy atom. The second-order valence-electron chi connectivity index (χ2n) is 3.91. The van der Waals surface area contributed by atoms with Gasteiger partial charge in [0.05, 0.1) is 4.88 Å². The van der Waals surface area contributed by atoms with Crippen molar-refractivity contribution in [2.45, 2.75) is 25.8 Å². The fourth-order valence-electron chi connectivity index (χ4n) is 1.79. The molecule has 82 valence electrons. The third-order valence-corrected chi connectivity index (χ3v) is 3.63. The normalized spacial score (nSPS) is 20.5. The first-order chi connectivity index (χ1) is 7.25. The number of rotatable bonds is 3. The van der Waals surface area contributed by atoms with Gasteiger partial charge in [-0.3, -0.25) is 4.79 Å². The molecule has 2 rings (SSSR count). The van der Waals surface area contributed by atoms with E-state index in [1.165, 1.54) is 17.7 Å². The number of amides is 1. The van der Waals surface area contributed by atoms with E-state index >= 15 is 0 Å².